The normalized spacial score (nSPS) is 15.2. The summed E-state index contributed by atoms with van der Waals surface area (Å²) < 4.78 is 24.2. The van der Waals surface area contributed by atoms with Crippen molar-refractivity contribution in [1.82, 2.24) is 23.8 Å². The summed E-state index contributed by atoms with van der Waals surface area (Å²) in [5.41, 5.74) is 0.965. The van der Waals surface area contributed by atoms with Gasteiger partial charge in [-0.15, -0.1) is 0 Å². The summed E-state index contributed by atoms with van der Waals surface area (Å²) in [5.74, 6) is -0.443. The molecule has 1 aliphatic heterocycles. The van der Waals surface area contributed by atoms with Gasteiger partial charge in [0.1, 0.15) is 11.6 Å². The van der Waals surface area contributed by atoms with E-state index in [0.29, 0.717) is 41.0 Å². The minimum atomic E-state index is -0.577. The number of aryl methyl sites for hydroxylation is 1. The van der Waals surface area contributed by atoms with Crippen LogP contribution >= 0.6 is 11.5 Å². The number of carbonyl (C=O) groups is 3. The molecular formula is C21H21FN6O4S. The van der Waals surface area contributed by atoms with Gasteiger partial charge in [-0.2, -0.15) is 4.37 Å². The molecule has 0 saturated heterocycles. The molecule has 2 aromatic heterocycles. The van der Waals surface area contributed by atoms with Crippen molar-refractivity contribution < 1.29 is 23.5 Å². The van der Waals surface area contributed by atoms with Crippen molar-refractivity contribution in [3.05, 3.63) is 47.2 Å². The van der Waals surface area contributed by atoms with E-state index in [1.54, 1.807) is 11.8 Å². The lowest BCUT2D eigenvalue weighted by atomic mass is 10.1. The number of halogens is 1. The molecule has 1 atom stereocenters. The number of nitrogens with one attached hydrogen (secondary N) is 1. The van der Waals surface area contributed by atoms with Gasteiger partial charge in [-0.05, 0) is 49.6 Å². The molecule has 1 unspecified atom stereocenters. The predicted molar refractivity (Wildman–Crippen MR) is 117 cm³/mol. The monoisotopic (exact) mass is 472 g/mol. The second kappa shape index (κ2) is 9.06. The van der Waals surface area contributed by atoms with Crippen molar-refractivity contribution in [2.75, 3.05) is 18.5 Å². The van der Waals surface area contributed by atoms with Crippen LogP contribution in [0.3, 0.4) is 0 Å². The molecule has 10 nitrogen and oxygen atoms in total. The van der Waals surface area contributed by atoms with Crippen molar-refractivity contribution in [3.8, 4) is 10.8 Å². The number of ether oxygens (including phenoxy) is 1. The molecule has 0 radical (unpaired) electrons. The van der Waals surface area contributed by atoms with Crippen LogP contribution in [0.25, 0.3) is 10.8 Å². The summed E-state index contributed by atoms with van der Waals surface area (Å²) in [4.78, 5) is 47.2. The number of imidazole rings is 1. The van der Waals surface area contributed by atoms with E-state index < -0.39 is 30.3 Å². The first-order valence-corrected chi connectivity index (χ1v) is 10.9. The van der Waals surface area contributed by atoms with E-state index in [2.05, 4.69) is 19.7 Å². The largest absolute Gasteiger partial charge is 0.456 e. The summed E-state index contributed by atoms with van der Waals surface area (Å²) in [7, 11) is 0. The van der Waals surface area contributed by atoms with Gasteiger partial charge < -0.3 is 19.5 Å². The number of carbonyl (C=O) groups excluding carboxylic acids is 3. The number of benzene rings is 1. The summed E-state index contributed by atoms with van der Waals surface area (Å²) >= 11 is 1.19. The highest BCUT2D eigenvalue weighted by atomic mass is 32.1. The lowest BCUT2D eigenvalue weighted by Crippen LogP contribution is -2.41. The minimum absolute atomic E-state index is 0.249. The first-order chi connectivity index (χ1) is 15.7. The Morgan fingerprint density at radius 2 is 1.94 bits per heavy atom. The van der Waals surface area contributed by atoms with Crippen molar-refractivity contribution in [1.29, 1.82) is 0 Å². The van der Waals surface area contributed by atoms with E-state index in [1.807, 2.05) is 11.5 Å². The molecule has 0 aliphatic carbocycles. The smallest absolute Gasteiger partial charge is 0.303 e. The Bertz CT molecular complexity index is 1220. The molecule has 0 spiro atoms. The average Bonchev–Trinajstić information content (AvgIpc) is 3.36. The molecule has 33 heavy (non-hydrogen) atoms. The molecule has 4 rings (SSSR count). The zero-order valence-corrected chi connectivity index (χ0v) is 19.0. The van der Waals surface area contributed by atoms with E-state index >= 15 is 0 Å². The molecule has 0 saturated carbocycles. The molecule has 1 N–H and O–H groups in total. The maximum absolute atomic E-state index is 13.3. The molecule has 1 aromatic carbocycles. The summed E-state index contributed by atoms with van der Waals surface area (Å²) in [5, 5.41) is 3.26. The highest BCUT2D eigenvalue weighted by Crippen LogP contribution is 2.36. The number of anilines is 1. The predicted octanol–water partition coefficient (Wildman–Crippen LogP) is 2.57. The van der Waals surface area contributed by atoms with E-state index in [-0.39, 0.29) is 11.7 Å². The molecule has 3 aromatic rings. The van der Waals surface area contributed by atoms with Gasteiger partial charge in [0.05, 0.1) is 11.7 Å². The van der Waals surface area contributed by atoms with Gasteiger partial charge in [-0.25, -0.2) is 14.4 Å². The van der Waals surface area contributed by atoms with Crippen molar-refractivity contribution in [2.45, 2.75) is 33.4 Å². The van der Waals surface area contributed by atoms with Crippen LogP contribution in [0.1, 0.15) is 41.8 Å². The van der Waals surface area contributed by atoms with E-state index in [0.717, 1.165) is 0 Å². The molecule has 2 amide bonds. The fourth-order valence-electron chi connectivity index (χ4n) is 3.68. The number of nitrogens with zero attached hydrogens (tertiary/aromatic N) is 5. The SMILES string of the molecule is CC(=O)OCC(=O)Nc1nc(-c2nc(C)ns2)n2c1C(C)N(C(=O)c1ccc(F)cc1)CC2. The third-order valence-corrected chi connectivity index (χ3v) is 5.97. The average molecular weight is 473 g/mol. The quantitative estimate of drug-likeness (QED) is 0.567. The van der Waals surface area contributed by atoms with Crippen molar-refractivity contribution >= 4 is 35.1 Å². The molecule has 1 aliphatic rings. The Balaban J connectivity index is 1.69. The number of rotatable bonds is 5. The number of amides is 2. The highest BCUT2D eigenvalue weighted by molar-refractivity contribution is 7.09. The summed E-state index contributed by atoms with van der Waals surface area (Å²) in [6, 6.07) is 4.89. The van der Waals surface area contributed by atoms with Gasteiger partial charge in [-0.1, -0.05) is 0 Å². The zero-order chi connectivity index (χ0) is 23.7. The van der Waals surface area contributed by atoms with Gasteiger partial charge >= 0.3 is 5.97 Å². The Hall–Kier alpha value is -3.67. The Morgan fingerprint density at radius 1 is 1.21 bits per heavy atom. The fourth-order valence-corrected chi connectivity index (χ4v) is 4.35. The molecule has 3 heterocycles. The number of esters is 1. The van der Waals surface area contributed by atoms with Gasteiger partial charge in [0, 0.05) is 25.6 Å². The van der Waals surface area contributed by atoms with Crippen LogP contribution in [0, 0.1) is 12.7 Å². The Kier molecular flexibility index (Phi) is 6.18. The molecule has 12 heteroatoms. The zero-order valence-electron chi connectivity index (χ0n) is 18.2. The van der Waals surface area contributed by atoms with Gasteiger partial charge in [0.25, 0.3) is 11.8 Å². The molecule has 0 bridgehead atoms. The van der Waals surface area contributed by atoms with Crippen molar-refractivity contribution in [2.24, 2.45) is 0 Å². The van der Waals surface area contributed by atoms with Crippen LogP contribution in [-0.2, 0) is 20.9 Å². The number of fused-ring (bicyclic) bond motifs is 1. The van der Waals surface area contributed by atoms with Crippen LogP contribution in [0.4, 0.5) is 10.2 Å². The maximum atomic E-state index is 13.3. The Morgan fingerprint density at radius 3 is 2.58 bits per heavy atom. The lowest BCUT2D eigenvalue weighted by Gasteiger charge is -2.35. The van der Waals surface area contributed by atoms with E-state index in [1.165, 1.54) is 42.7 Å². The standard InChI is InChI=1S/C21H21FN6O4S/c1-11-17-18(24-16(30)10-32-13(3)29)25-19(20-23-12(2)26-33-20)28(17)9-8-27(11)21(31)14-4-6-15(22)7-5-14/h4-7,11H,8-10H2,1-3H3,(H,24,30). The van der Waals surface area contributed by atoms with Crippen LogP contribution in [-0.4, -0.2) is 54.7 Å². The van der Waals surface area contributed by atoms with Crippen LogP contribution in [0.15, 0.2) is 24.3 Å². The van der Waals surface area contributed by atoms with E-state index in [9.17, 15) is 18.8 Å². The molecular weight excluding hydrogens is 451 g/mol. The highest BCUT2D eigenvalue weighted by Gasteiger charge is 2.35. The van der Waals surface area contributed by atoms with E-state index in [4.69, 9.17) is 4.74 Å². The minimum Gasteiger partial charge on any atom is -0.456 e. The number of hydrogen-bond acceptors (Lipinski definition) is 8. The number of hydrogen-bond donors (Lipinski definition) is 1. The summed E-state index contributed by atoms with van der Waals surface area (Å²) in [6.45, 7) is 5.14. The fraction of sp³-hybridized carbons (Fsp3) is 0.333. The lowest BCUT2D eigenvalue weighted by molar-refractivity contribution is -0.144. The van der Waals surface area contributed by atoms with Crippen LogP contribution in [0.5, 0.6) is 0 Å². The van der Waals surface area contributed by atoms with Gasteiger partial charge in [-0.3, -0.25) is 14.4 Å². The molecule has 172 valence electrons. The first-order valence-electron chi connectivity index (χ1n) is 10.2. The molecule has 0 fully saturated rings. The first kappa shape index (κ1) is 22.5. The van der Waals surface area contributed by atoms with Crippen LogP contribution in [0.2, 0.25) is 0 Å². The summed E-state index contributed by atoms with van der Waals surface area (Å²) in [6.07, 6.45) is 0. The second-order valence-corrected chi connectivity index (χ2v) is 8.23. The van der Waals surface area contributed by atoms with Gasteiger partial charge in [0.2, 0.25) is 0 Å². The number of aromatic nitrogens is 4. The topological polar surface area (TPSA) is 119 Å². The van der Waals surface area contributed by atoms with Gasteiger partial charge in [0.15, 0.2) is 23.3 Å². The maximum Gasteiger partial charge on any atom is 0.303 e. The third kappa shape index (κ3) is 4.60. The Labute approximate surface area is 192 Å². The second-order valence-electron chi connectivity index (χ2n) is 7.48. The third-order valence-electron chi connectivity index (χ3n) is 5.17. The van der Waals surface area contributed by atoms with Crippen molar-refractivity contribution in [3.63, 3.8) is 0 Å². The van der Waals surface area contributed by atoms with Crippen LogP contribution < -0.4 is 5.32 Å².